The zero-order chi connectivity index (χ0) is 28.5. The first-order chi connectivity index (χ1) is 21.9. The Morgan fingerprint density at radius 1 is 0.159 bits per heavy atom. The molecule has 11 aromatic carbocycles. The molecule has 0 aliphatic heterocycles. The van der Waals surface area contributed by atoms with Crippen LogP contribution >= 0.6 is 0 Å². The quantitative estimate of drug-likeness (QED) is 0.164. The van der Waals surface area contributed by atoms with Crippen LogP contribution in [0.3, 0.4) is 0 Å². The molecular formula is C44H24. The van der Waals surface area contributed by atoms with E-state index in [-0.39, 0.29) is 0 Å². The zero-order valence-corrected chi connectivity index (χ0v) is 23.9. The Kier molecular flexibility index (Phi) is 4.15. The van der Waals surface area contributed by atoms with Gasteiger partial charge >= 0.3 is 0 Å². The fraction of sp³-hybridized carbons (Fsp3) is 0. The molecule has 200 valence electrons. The fourth-order valence-corrected chi connectivity index (χ4v) is 8.64. The maximum Gasteiger partial charge on any atom is -0.00137 e. The Hall–Kier alpha value is -5.72. The standard InChI is InChI=1S/C44H24/c1-2-14-30-29(13-1)41-33-17-5-9-25-21-22-27-11-7-19-35(39(27)37(25)33)43(41)31-15-3-4-16-32(31)44-36-20-8-12-28-24-23-26-10-6-18-34(42(30)44)38(26)40(28)36/h1-24H. The van der Waals surface area contributed by atoms with E-state index < -0.39 is 0 Å². The van der Waals surface area contributed by atoms with Crippen molar-refractivity contribution in [2.24, 2.45) is 0 Å². The van der Waals surface area contributed by atoms with E-state index in [2.05, 4.69) is 146 Å². The van der Waals surface area contributed by atoms with Crippen molar-refractivity contribution in [3.05, 3.63) is 146 Å². The molecule has 0 aliphatic rings. The Bertz CT molecular complexity index is 2620. The van der Waals surface area contributed by atoms with Gasteiger partial charge in [0, 0.05) is 0 Å². The van der Waals surface area contributed by atoms with Crippen molar-refractivity contribution in [2.75, 3.05) is 0 Å². The van der Waals surface area contributed by atoms with Gasteiger partial charge in [0.2, 0.25) is 0 Å². The molecule has 0 spiro atoms. The van der Waals surface area contributed by atoms with Gasteiger partial charge in [-0.3, -0.25) is 0 Å². The molecule has 0 bridgehead atoms. The predicted octanol–water partition coefficient (Wildman–Crippen LogP) is 12.7. The Morgan fingerprint density at radius 2 is 0.386 bits per heavy atom. The van der Waals surface area contributed by atoms with Gasteiger partial charge in [-0.2, -0.15) is 0 Å². The monoisotopic (exact) mass is 552 g/mol. The van der Waals surface area contributed by atoms with E-state index in [4.69, 9.17) is 0 Å². The van der Waals surface area contributed by atoms with Gasteiger partial charge in [0.05, 0.1) is 0 Å². The first-order valence-electron chi connectivity index (χ1n) is 15.5. The molecule has 0 heteroatoms. The van der Waals surface area contributed by atoms with E-state index >= 15 is 0 Å². The average Bonchev–Trinajstić information content (AvgIpc) is 3.08. The lowest BCUT2D eigenvalue weighted by Gasteiger charge is -2.20. The Morgan fingerprint density at radius 3 is 0.636 bits per heavy atom. The van der Waals surface area contributed by atoms with Crippen molar-refractivity contribution in [1.82, 2.24) is 0 Å². The molecule has 0 amide bonds. The molecule has 0 aromatic heterocycles. The Labute approximate surface area is 252 Å². The molecule has 0 saturated heterocycles. The van der Waals surface area contributed by atoms with Gasteiger partial charge in [-0.05, 0) is 108 Å². The van der Waals surface area contributed by atoms with Crippen LogP contribution in [0.1, 0.15) is 0 Å². The smallest absolute Gasteiger partial charge is 0.00137 e. The van der Waals surface area contributed by atoms with E-state index in [0.29, 0.717) is 0 Å². The summed E-state index contributed by atoms with van der Waals surface area (Å²) in [6.07, 6.45) is 0. The number of rotatable bonds is 0. The Balaban J connectivity index is 1.64. The zero-order valence-electron chi connectivity index (χ0n) is 23.9. The summed E-state index contributed by atoms with van der Waals surface area (Å²) in [4.78, 5) is 0. The third kappa shape index (κ3) is 2.66. The van der Waals surface area contributed by atoms with Crippen LogP contribution in [0.4, 0.5) is 0 Å². The van der Waals surface area contributed by atoms with Crippen molar-refractivity contribution in [3.8, 4) is 0 Å². The minimum absolute atomic E-state index is 1.30. The highest BCUT2D eigenvalue weighted by atomic mass is 14.2. The van der Waals surface area contributed by atoms with Crippen molar-refractivity contribution in [3.63, 3.8) is 0 Å². The van der Waals surface area contributed by atoms with Crippen LogP contribution in [0.25, 0.3) is 108 Å². The summed E-state index contributed by atoms with van der Waals surface area (Å²) >= 11 is 0. The minimum atomic E-state index is 1.30. The maximum atomic E-state index is 2.36. The summed E-state index contributed by atoms with van der Waals surface area (Å²) in [5.41, 5.74) is 0. The van der Waals surface area contributed by atoms with E-state index in [1.165, 1.54) is 108 Å². The molecular weight excluding hydrogens is 528 g/mol. The van der Waals surface area contributed by atoms with Crippen molar-refractivity contribution in [1.29, 1.82) is 0 Å². The second-order valence-electron chi connectivity index (χ2n) is 12.3. The third-order valence-electron chi connectivity index (χ3n) is 10.3. The van der Waals surface area contributed by atoms with Crippen molar-refractivity contribution < 1.29 is 0 Å². The van der Waals surface area contributed by atoms with Crippen LogP contribution in [-0.4, -0.2) is 0 Å². The predicted molar refractivity (Wildman–Crippen MR) is 193 cm³/mol. The lowest BCUT2D eigenvalue weighted by atomic mass is 9.83. The van der Waals surface area contributed by atoms with Crippen LogP contribution in [0.5, 0.6) is 0 Å². The molecule has 0 saturated carbocycles. The molecule has 0 atom stereocenters. The molecule has 0 unspecified atom stereocenters. The number of hydrogen-bond donors (Lipinski definition) is 0. The highest BCUT2D eigenvalue weighted by Gasteiger charge is 2.20. The van der Waals surface area contributed by atoms with Gasteiger partial charge in [0.25, 0.3) is 0 Å². The second kappa shape index (κ2) is 8.01. The van der Waals surface area contributed by atoms with Crippen LogP contribution in [0.2, 0.25) is 0 Å². The molecule has 0 nitrogen and oxygen atoms in total. The summed E-state index contributed by atoms with van der Waals surface area (Å²) in [6.45, 7) is 0. The first-order valence-corrected chi connectivity index (χ1v) is 15.5. The second-order valence-corrected chi connectivity index (χ2v) is 12.3. The number of hydrogen-bond acceptors (Lipinski definition) is 0. The van der Waals surface area contributed by atoms with Gasteiger partial charge in [-0.25, -0.2) is 0 Å². The van der Waals surface area contributed by atoms with Gasteiger partial charge in [0.1, 0.15) is 0 Å². The fourth-order valence-electron chi connectivity index (χ4n) is 8.64. The van der Waals surface area contributed by atoms with E-state index in [1.54, 1.807) is 0 Å². The van der Waals surface area contributed by atoms with Gasteiger partial charge in [-0.15, -0.1) is 0 Å². The summed E-state index contributed by atoms with van der Waals surface area (Å²) in [6, 6.07) is 54.9. The van der Waals surface area contributed by atoms with E-state index in [0.717, 1.165) is 0 Å². The van der Waals surface area contributed by atoms with E-state index in [9.17, 15) is 0 Å². The van der Waals surface area contributed by atoms with Crippen LogP contribution in [-0.2, 0) is 0 Å². The maximum absolute atomic E-state index is 2.36. The highest BCUT2D eigenvalue weighted by Crippen LogP contribution is 2.49. The van der Waals surface area contributed by atoms with Crippen molar-refractivity contribution in [2.45, 2.75) is 0 Å². The number of benzene rings is 10. The molecule has 11 rings (SSSR count). The molecule has 0 radical (unpaired) electrons. The number of fused-ring (bicyclic) bond motifs is 12. The topological polar surface area (TPSA) is 0 Å². The molecule has 0 fully saturated rings. The summed E-state index contributed by atoms with van der Waals surface area (Å²) < 4.78 is 0. The lowest BCUT2D eigenvalue weighted by Crippen LogP contribution is -1.91. The van der Waals surface area contributed by atoms with Crippen LogP contribution in [0.15, 0.2) is 146 Å². The van der Waals surface area contributed by atoms with Gasteiger partial charge < -0.3 is 0 Å². The minimum Gasteiger partial charge on any atom is -0.0616 e. The normalized spacial score (nSPS) is 12.5. The SMILES string of the molecule is c1ccc2c(c1)c1c3cccc4ccc5cccc(c5c43)c1c1ccccc1c1c3cccc4ccc5cccc(c5c43)c21. The highest BCUT2D eigenvalue weighted by molar-refractivity contribution is 6.46. The first kappa shape index (κ1) is 22.8. The van der Waals surface area contributed by atoms with Gasteiger partial charge in [0.15, 0.2) is 0 Å². The van der Waals surface area contributed by atoms with Crippen molar-refractivity contribution >= 4 is 108 Å². The molecule has 0 aliphatic carbocycles. The lowest BCUT2D eigenvalue weighted by molar-refractivity contribution is 1.79. The molecule has 11 aromatic rings. The molecule has 0 heterocycles. The third-order valence-corrected chi connectivity index (χ3v) is 10.3. The summed E-state index contributed by atoms with van der Waals surface area (Å²) in [5, 5.41) is 26.5. The average molecular weight is 553 g/mol. The summed E-state index contributed by atoms with van der Waals surface area (Å²) in [7, 11) is 0. The molecule has 0 N–H and O–H groups in total. The largest absolute Gasteiger partial charge is 0.0616 e. The van der Waals surface area contributed by atoms with Crippen LogP contribution < -0.4 is 0 Å². The van der Waals surface area contributed by atoms with E-state index in [1.807, 2.05) is 0 Å². The summed E-state index contributed by atoms with van der Waals surface area (Å²) in [5.74, 6) is 0. The van der Waals surface area contributed by atoms with Crippen LogP contribution in [0, 0.1) is 0 Å². The molecule has 44 heavy (non-hydrogen) atoms. The van der Waals surface area contributed by atoms with Gasteiger partial charge in [-0.1, -0.05) is 146 Å².